The van der Waals surface area contributed by atoms with Crippen molar-refractivity contribution in [1.29, 1.82) is 0 Å². The van der Waals surface area contributed by atoms with E-state index in [1.807, 2.05) is 0 Å². The molecule has 8 heteroatoms. The predicted molar refractivity (Wildman–Crippen MR) is 69.2 cm³/mol. The molecule has 0 bridgehead atoms. The molecule has 1 fully saturated rings. The second-order valence-electron chi connectivity index (χ2n) is 4.71. The third kappa shape index (κ3) is 3.47. The molecule has 8 nitrogen and oxygen atoms in total. The number of hydrogen-bond donors (Lipinski definition) is 3. The van der Waals surface area contributed by atoms with Crippen molar-refractivity contribution in [1.82, 2.24) is 20.2 Å². The van der Waals surface area contributed by atoms with Gasteiger partial charge in [0.2, 0.25) is 0 Å². The number of carboxylic acids is 1. The summed E-state index contributed by atoms with van der Waals surface area (Å²) in [4.78, 5) is 31.4. The molecule has 2 amide bonds. The van der Waals surface area contributed by atoms with Gasteiger partial charge in [0.05, 0.1) is 12.4 Å². The van der Waals surface area contributed by atoms with Crippen LogP contribution in [0, 0.1) is 0 Å². The fraction of sp³-hybridized carbons (Fsp3) is 0.583. The molecular formula is C12H18N4O4. The quantitative estimate of drug-likeness (QED) is 0.695. The summed E-state index contributed by atoms with van der Waals surface area (Å²) in [5.74, 6) is -1.07. The molecular weight excluding hydrogens is 264 g/mol. The van der Waals surface area contributed by atoms with E-state index in [0.717, 1.165) is 6.42 Å². The third-order valence-corrected chi connectivity index (χ3v) is 3.34. The van der Waals surface area contributed by atoms with Crippen LogP contribution in [0.5, 0.6) is 0 Å². The summed E-state index contributed by atoms with van der Waals surface area (Å²) >= 11 is 0. The van der Waals surface area contributed by atoms with Gasteiger partial charge in [0, 0.05) is 38.5 Å². The van der Waals surface area contributed by atoms with Crippen LogP contribution in [0.4, 0.5) is 4.79 Å². The highest BCUT2D eigenvalue weighted by molar-refractivity contribution is 5.82. The Kier molecular flexibility index (Phi) is 4.57. The number of amides is 2. The maximum Gasteiger partial charge on any atom is 0.326 e. The van der Waals surface area contributed by atoms with E-state index in [1.54, 1.807) is 18.2 Å². The Bertz CT molecular complexity index is 462. The average Bonchev–Trinajstić information content (AvgIpc) is 3.08. The van der Waals surface area contributed by atoms with Gasteiger partial charge >= 0.3 is 12.0 Å². The molecule has 0 aliphatic carbocycles. The van der Waals surface area contributed by atoms with E-state index < -0.39 is 12.0 Å². The van der Waals surface area contributed by atoms with Crippen LogP contribution in [0.3, 0.4) is 0 Å². The zero-order valence-electron chi connectivity index (χ0n) is 11.2. The number of nitrogens with zero attached hydrogens (tertiary/aromatic N) is 2. The van der Waals surface area contributed by atoms with Gasteiger partial charge in [-0.1, -0.05) is 0 Å². The molecule has 0 aromatic carbocycles. The van der Waals surface area contributed by atoms with Gasteiger partial charge in [-0.15, -0.1) is 0 Å². The number of aliphatic carboxylic acids is 1. The van der Waals surface area contributed by atoms with Gasteiger partial charge in [-0.05, 0) is 6.42 Å². The molecule has 1 saturated heterocycles. The molecule has 0 saturated carbocycles. The first-order valence-electron chi connectivity index (χ1n) is 6.38. The number of hydrogen-bond acceptors (Lipinski definition) is 4. The Labute approximate surface area is 116 Å². The number of aromatic nitrogens is 2. The molecule has 110 valence electrons. The van der Waals surface area contributed by atoms with Crippen LogP contribution in [0.15, 0.2) is 12.5 Å². The molecule has 2 atom stereocenters. The number of imidazole rings is 1. The van der Waals surface area contributed by atoms with Gasteiger partial charge in [0.25, 0.3) is 0 Å². The normalized spacial score (nSPS) is 19.9. The zero-order chi connectivity index (χ0) is 14.5. The van der Waals surface area contributed by atoms with Crippen LogP contribution in [0.1, 0.15) is 12.1 Å². The topological polar surface area (TPSA) is 108 Å². The van der Waals surface area contributed by atoms with Crippen LogP contribution in [0.2, 0.25) is 0 Å². The summed E-state index contributed by atoms with van der Waals surface area (Å²) < 4.78 is 5.18. The summed E-state index contributed by atoms with van der Waals surface area (Å²) in [5, 5.41) is 11.7. The molecule has 3 N–H and O–H groups in total. The fourth-order valence-corrected chi connectivity index (χ4v) is 2.16. The van der Waals surface area contributed by atoms with Gasteiger partial charge in [-0.3, -0.25) is 0 Å². The maximum atomic E-state index is 12.0. The molecule has 1 aliphatic heterocycles. The Morgan fingerprint density at radius 2 is 2.50 bits per heavy atom. The molecule has 2 rings (SSSR count). The lowest BCUT2D eigenvalue weighted by atomic mass is 10.1. The lowest BCUT2D eigenvalue weighted by Crippen LogP contribution is -2.48. The summed E-state index contributed by atoms with van der Waals surface area (Å²) in [6, 6.07) is -1.36. The smallest absolute Gasteiger partial charge is 0.326 e. The number of likely N-dealkylation sites (tertiary alicyclic amines) is 1. The first-order chi connectivity index (χ1) is 9.60. The number of aromatic amines is 1. The van der Waals surface area contributed by atoms with Crippen LogP contribution in [-0.4, -0.2) is 64.3 Å². The highest BCUT2D eigenvalue weighted by Crippen LogP contribution is 2.12. The summed E-state index contributed by atoms with van der Waals surface area (Å²) in [6.45, 7) is 1.06. The van der Waals surface area contributed by atoms with Crippen LogP contribution in [-0.2, 0) is 16.0 Å². The van der Waals surface area contributed by atoms with E-state index in [-0.39, 0.29) is 18.6 Å². The van der Waals surface area contributed by atoms with Crippen molar-refractivity contribution in [3.63, 3.8) is 0 Å². The number of rotatable bonds is 5. The monoisotopic (exact) mass is 282 g/mol. The number of carboxylic acid groups (broad SMARTS) is 1. The van der Waals surface area contributed by atoms with Gasteiger partial charge in [-0.2, -0.15) is 0 Å². The minimum Gasteiger partial charge on any atom is -0.480 e. The van der Waals surface area contributed by atoms with Crippen molar-refractivity contribution >= 4 is 12.0 Å². The number of carbonyl (C=O) groups excluding carboxylic acids is 1. The summed E-state index contributed by atoms with van der Waals surface area (Å²) in [6.07, 6.45) is 3.97. The Morgan fingerprint density at radius 3 is 3.05 bits per heavy atom. The van der Waals surface area contributed by atoms with Crippen LogP contribution < -0.4 is 5.32 Å². The molecule has 0 spiro atoms. The number of nitrogens with one attached hydrogen (secondary N) is 2. The standard InChI is InChI=1S/C12H18N4O4/c1-20-9-2-3-16(6-9)12(19)15-10(11(17)18)4-8-5-13-7-14-8/h5,7,9-10H,2-4,6H2,1H3,(H,13,14)(H,15,19)(H,17,18)/t9?,10-/m0/s1. The van der Waals surface area contributed by atoms with E-state index in [1.165, 1.54) is 6.33 Å². The second-order valence-corrected chi connectivity index (χ2v) is 4.71. The van der Waals surface area contributed by atoms with Crippen LogP contribution >= 0.6 is 0 Å². The predicted octanol–water partition coefficient (Wildman–Crippen LogP) is -0.164. The highest BCUT2D eigenvalue weighted by atomic mass is 16.5. The molecule has 0 radical (unpaired) electrons. The van der Waals surface area contributed by atoms with E-state index in [9.17, 15) is 9.59 Å². The number of ether oxygens (including phenoxy) is 1. The molecule has 1 unspecified atom stereocenters. The summed E-state index contributed by atoms with van der Waals surface area (Å²) in [7, 11) is 1.60. The number of urea groups is 1. The number of H-pyrrole nitrogens is 1. The second kappa shape index (κ2) is 6.38. The van der Waals surface area contributed by atoms with Crippen molar-refractivity contribution < 1.29 is 19.4 Å². The van der Waals surface area contributed by atoms with Gasteiger partial charge < -0.3 is 25.0 Å². The number of methoxy groups -OCH3 is 1. The average molecular weight is 282 g/mol. The van der Waals surface area contributed by atoms with Crippen molar-refractivity contribution in [2.45, 2.75) is 25.0 Å². The van der Waals surface area contributed by atoms with E-state index in [2.05, 4.69) is 15.3 Å². The van der Waals surface area contributed by atoms with E-state index in [4.69, 9.17) is 9.84 Å². The Hall–Kier alpha value is -2.09. The Morgan fingerprint density at radius 1 is 1.70 bits per heavy atom. The minimum atomic E-state index is -1.07. The third-order valence-electron chi connectivity index (χ3n) is 3.34. The largest absolute Gasteiger partial charge is 0.480 e. The first kappa shape index (κ1) is 14.3. The molecule has 1 aromatic rings. The highest BCUT2D eigenvalue weighted by Gasteiger charge is 2.29. The molecule has 1 aromatic heterocycles. The first-order valence-corrected chi connectivity index (χ1v) is 6.38. The lowest BCUT2D eigenvalue weighted by Gasteiger charge is -2.20. The van der Waals surface area contributed by atoms with Gasteiger partial charge in [0.1, 0.15) is 6.04 Å². The van der Waals surface area contributed by atoms with E-state index >= 15 is 0 Å². The van der Waals surface area contributed by atoms with E-state index in [0.29, 0.717) is 18.8 Å². The van der Waals surface area contributed by atoms with Crippen LogP contribution in [0.25, 0.3) is 0 Å². The lowest BCUT2D eigenvalue weighted by molar-refractivity contribution is -0.139. The maximum absolute atomic E-state index is 12.0. The van der Waals surface area contributed by atoms with Crippen molar-refractivity contribution in [2.24, 2.45) is 0 Å². The molecule has 1 aliphatic rings. The minimum absolute atomic E-state index is 0.0247. The number of carbonyl (C=O) groups is 2. The summed E-state index contributed by atoms with van der Waals surface area (Å²) in [5.41, 5.74) is 0.661. The van der Waals surface area contributed by atoms with Gasteiger partial charge in [0.15, 0.2) is 0 Å². The van der Waals surface area contributed by atoms with Gasteiger partial charge in [-0.25, -0.2) is 14.6 Å². The Balaban J connectivity index is 1.91. The SMILES string of the molecule is COC1CCN(C(=O)N[C@@H](Cc2cnc[nH]2)C(=O)O)C1. The molecule has 2 heterocycles. The van der Waals surface area contributed by atoms with Crippen molar-refractivity contribution in [3.8, 4) is 0 Å². The van der Waals surface area contributed by atoms with Crippen molar-refractivity contribution in [2.75, 3.05) is 20.2 Å². The fourth-order valence-electron chi connectivity index (χ4n) is 2.16. The zero-order valence-corrected chi connectivity index (χ0v) is 11.2. The molecule has 20 heavy (non-hydrogen) atoms. The van der Waals surface area contributed by atoms with Crippen molar-refractivity contribution in [3.05, 3.63) is 18.2 Å².